The van der Waals surface area contributed by atoms with Gasteiger partial charge in [-0.2, -0.15) is 0 Å². The largest absolute Gasteiger partial charge is 0.496 e. The molecule has 0 N–H and O–H groups in total. The monoisotopic (exact) mass is 517 g/mol. The Hall–Kier alpha value is -2.96. The summed E-state index contributed by atoms with van der Waals surface area (Å²) in [4.78, 5) is 25.6. The third-order valence-corrected chi connectivity index (χ3v) is 9.51. The maximum atomic E-state index is 14.2. The number of hydrogen-bond acceptors (Lipinski definition) is 5. The Balaban J connectivity index is 1.39. The molecule has 2 aromatic heterocycles. The molecule has 2 aromatic carbocycles. The number of halogens is 1. The summed E-state index contributed by atoms with van der Waals surface area (Å²) in [6.07, 6.45) is 12.3. The van der Waals surface area contributed by atoms with Crippen molar-refractivity contribution in [3.63, 3.8) is 0 Å². The first-order valence-electron chi connectivity index (χ1n) is 12.5. The summed E-state index contributed by atoms with van der Waals surface area (Å²) in [6, 6.07) is 14.2. The molecular weight excluding hydrogens is 490 g/mol. The lowest BCUT2D eigenvalue weighted by Gasteiger charge is -2.30. The van der Waals surface area contributed by atoms with Gasteiger partial charge < -0.3 is 9.64 Å². The third-order valence-electron chi connectivity index (χ3n) is 7.84. The van der Waals surface area contributed by atoms with Gasteiger partial charge in [0.15, 0.2) is 0 Å². The van der Waals surface area contributed by atoms with Crippen molar-refractivity contribution < 1.29 is 9.53 Å². The highest BCUT2D eigenvalue weighted by Crippen LogP contribution is 2.59. The van der Waals surface area contributed by atoms with Crippen LogP contribution in [0.4, 0.5) is 0 Å². The molecule has 4 aromatic rings. The molecular formula is C29H28ClN3O2S. The van der Waals surface area contributed by atoms with Crippen LogP contribution in [0.5, 0.6) is 5.75 Å². The smallest absolute Gasteiger partial charge is 0.266 e. The van der Waals surface area contributed by atoms with E-state index in [1.807, 2.05) is 36.4 Å². The molecule has 7 heteroatoms. The predicted molar refractivity (Wildman–Crippen MR) is 145 cm³/mol. The predicted octanol–water partition coefficient (Wildman–Crippen LogP) is 7.39. The second-order valence-electron chi connectivity index (χ2n) is 9.93. The Morgan fingerprint density at radius 2 is 2.00 bits per heavy atom. The standard InChI is InChI=1S/C29H28ClN3O2S/c1-35-23-10-9-19(22-17-31-13-14-32-22)15-20(23)18-33(25-16-29(25)11-5-2-6-12-29)28(34)27-26(30)21-7-3-4-8-24(21)36-27/h3-4,7-10,13-15,17,25H,2,5-6,11-12,16,18H2,1H3. The van der Waals surface area contributed by atoms with Crippen molar-refractivity contribution >= 4 is 38.9 Å². The normalized spacial score (nSPS) is 18.3. The Morgan fingerprint density at radius 1 is 1.17 bits per heavy atom. The molecule has 36 heavy (non-hydrogen) atoms. The number of carbonyl (C=O) groups is 1. The molecule has 1 unspecified atom stereocenters. The van der Waals surface area contributed by atoms with Crippen molar-refractivity contribution in [1.82, 2.24) is 14.9 Å². The van der Waals surface area contributed by atoms with E-state index in [0.29, 0.717) is 16.4 Å². The Morgan fingerprint density at radius 3 is 2.75 bits per heavy atom. The number of carbonyl (C=O) groups excluding carboxylic acids is 1. The van der Waals surface area contributed by atoms with Gasteiger partial charge in [-0.05, 0) is 48.9 Å². The number of nitrogens with zero attached hydrogens (tertiary/aromatic N) is 3. The molecule has 1 spiro atoms. The van der Waals surface area contributed by atoms with Gasteiger partial charge in [0.1, 0.15) is 10.6 Å². The van der Waals surface area contributed by atoms with Crippen LogP contribution in [0.25, 0.3) is 21.3 Å². The number of hydrogen-bond donors (Lipinski definition) is 0. The van der Waals surface area contributed by atoms with Crippen LogP contribution in [-0.2, 0) is 6.54 Å². The van der Waals surface area contributed by atoms with Gasteiger partial charge in [0, 0.05) is 46.2 Å². The fourth-order valence-corrected chi connectivity index (χ4v) is 7.33. The van der Waals surface area contributed by atoms with Crippen molar-refractivity contribution in [3.8, 4) is 17.0 Å². The highest BCUT2D eigenvalue weighted by Gasteiger charge is 2.58. The molecule has 0 radical (unpaired) electrons. The average molecular weight is 518 g/mol. The van der Waals surface area contributed by atoms with Crippen molar-refractivity contribution in [2.75, 3.05) is 7.11 Å². The van der Waals surface area contributed by atoms with Gasteiger partial charge in [0.2, 0.25) is 0 Å². The number of ether oxygens (including phenoxy) is 1. The van der Waals surface area contributed by atoms with Crippen molar-refractivity contribution in [1.29, 1.82) is 0 Å². The molecule has 184 valence electrons. The number of aromatic nitrogens is 2. The molecule has 2 heterocycles. The van der Waals surface area contributed by atoms with E-state index in [-0.39, 0.29) is 17.4 Å². The molecule has 2 fully saturated rings. The molecule has 1 atom stereocenters. The van der Waals surface area contributed by atoms with Crippen molar-refractivity contribution in [3.05, 3.63) is 76.5 Å². The maximum Gasteiger partial charge on any atom is 0.266 e. The first-order valence-corrected chi connectivity index (χ1v) is 13.7. The van der Waals surface area contributed by atoms with E-state index in [4.69, 9.17) is 16.3 Å². The van der Waals surface area contributed by atoms with Crippen LogP contribution in [0.1, 0.15) is 53.8 Å². The second kappa shape index (κ2) is 9.49. The highest BCUT2D eigenvalue weighted by molar-refractivity contribution is 7.21. The summed E-state index contributed by atoms with van der Waals surface area (Å²) in [5.74, 6) is 0.779. The number of benzene rings is 2. The first kappa shape index (κ1) is 23.4. The first-order chi connectivity index (χ1) is 17.6. The molecule has 2 saturated carbocycles. The number of thiophene rings is 1. The Bertz CT molecular complexity index is 1410. The van der Waals surface area contributed by atoms with Gasteiger partial charge >= 0.3 is 0 Å². The molecule has 1 amide bonds. The Labute approximate surface area is 220 Å². The Kier molecular flexibility index (Phi) is 6.18. The summed E-state index contributed by atoms with van der Waals surface area (Å²) in [7, 11) is 1.68. The fraction of sp³-hybridized carbons (Fsp3) is 0.345. The van der Waals surface area contributed by atoms with Gasteiger partial charge in [-0.25, -0.2) is 0 Å². The number of fused-ring (bicyclic) bond motifs is 1. The van der Waals surface area contributed by atoms with Crippen LogP contribution in [0.2, 0.25) is 5.02 Å². The van der Waals surface area contributed by atoms with E-state index in [1.54, 1.807) is 25.7 Å². The zero-order valence-electron chi connectivity index (χ0n) is 20.2. The van der Waals surface area contributed by atoms with Crippen LogP contribution in [0, 0.1) is 5.41 Å². The van der Waals surface area contributed by atoms with Gasteiger partial charge in [-0.15, -0.1) is 11.3 Å². The van der Waals surface area contributed by atoms with Crippen LogP contribution in [0.15, 0.2) is 61.1 Å². The van der Waals surface area contributed by atoms with E-state index < -0.39 is 0 Å². The summed E-state index contributed by atoms with van der Waals surface area (Å²) in [5, 5.41) is 1.50. The van der Waals surface area contributed by atoms with Crippen LogP contribution < -0.4 is 4.74 Å². The van der Waals surface area contributed by atoms with E-state index >= 15 is 0 Å². The molecule has 0 saturated heterocycles. The van der Waals surface area contributed by atoms with Gasteiger partial charge in [-0.1, -0.05) is 49.1 Å². The van der Waals surface area contributed by atoms with Crippen molar-refractivity contribution in [2.24, 2.45) is 5.41 Å². The summed E-state index contributed by atoms with van der Waals surface area (Å²) in [6.45, 7) is 0.465. The lowest BCUT2D eigenvalue weighted by Crippen LogP contribution is -2.36. The lowest BCUT2D eigenvalue weighted by atomic mass is 9.85. The summed E-state index contributed by atoms with van der Waals surface area (Å²) >= 11 is 8.28. The molecule has 2 aliphatic rings. The van der Waals surface area contributed by atoms with Gasteiger partial charge in [0.05, 0.1) is 24.0 Å². The van der Waals surface area contributed by atoms with Gasteiger partial charge in [-0.3, -0.25) is 14.8 Å². The van der Waals surface area contributed by atoms with Crippen LogP contribution >= 0.6 is 22.9 Å². The summed E-state index contributed by atoms with van der Waals surface area (Å²) < 4.78 is 6.77. The minimum absolute atomic E-state index is 0.0145. The lowest BCUT2D eigenvalue weighted by molar-refractivity contribution is 0.0694. The fourth-order valence-electron chi connectivity index (χ4n) is 5.86. The van der Waals surface area contributed by atoms with E-state index in [2.05, 4.69) is 20.9 Å². The quantitative estimate of drug-likeness (QED) is 0.267. The summed E-state index contributed by atoms with van der Waals surface area (Å²) in [5.41, 5.74) is 2.95. The topological polar surface area (TPSA) is 55.3 Å². The average Bonchev–Trinajstić information content (AvgIpc) is 3.50. The van der Waals surface area contributed by atoms with Crippen LogP contribution in [0.3, 0.4) is 0 Å². The number of rotatable bonds is 6. The minimum atomic E-state index is 0.0145. The molecule has 0 bridgehead atoms. The van der Waals surface area contributed by atoms with Crippen molar-refractivity contribution in [2.45, 2.75) is 51.1 Å². The van der Waals surface area contributed by atoms with E-state index in [0.717, 1.165) is 39.1 Å². The molecule has 6 rings (SSSR count). The van der Waals surface area contributed by atoms with E-state index in [9.17, 15) is 4.79 Å². The van der Waals surface area contributed by atoms with Gasteiger partial charge in [0.25, 0.3) is 5.91 Å². The number of amides is 1. The third kappa shape index (κ3) is 4.16. The van der Waals surface area contributed by atoms with Crippen LogP contribution in [-0.4, -0.2) is 33.9 Å². The minimum Gasteiger partial charge on any atom is -0.496 e. The second-order valence-corrected chi connectivity index (χ2v) is 11.4. The SMILES string of the molecule is COc1ccc(-c2cnccn2)cc1CN(C(=O)c1sc2ccccc2c1Cl)C1CC12CCCCC2. The molecule has 0 aliphatic heterocycles. The zero-order chi connectivity index (χ0) is 24.7. The zero-order valence-corrected chi connectivity index (χ0v) is 21.8. The molecule has 5 nitrogen and oxygen atoms in total. The highest BCUT2D eigenvalue weighted by atomic mass is 35.5. The number of methoxy groups -OCH3 is 1. The van der Waals surface area contributed by atoms with E-state index in [1.165, 1.54) is 43.4 Å². The maximum absolute atomic E-state index is 14.2. The molecule has 2 aliphatic carbocycles.